The van der Waals surface area contributed by atoms with E-state index < -0.39 is 5.97 Å². The zero-order chi connectivity index (χ0) is 20.6. The zero-order valence-electron chi connectivity index (χ0n) is 16.2. The fourth-order valence-corrected chi connectivity index (χ4v) is 2.95. The van der Waals surface area contributed by atoms with E-state index in [0.717, 1.165) is 10.9 Å². The highest BCUT2D eigenvalue weighted by molar-refractivity contribution is 5.87. The normalized spacial score (nSPS) is 10.8. The van der Waals surface area contributed by atoms with Crippen molar-refractivity contribution in [2.75, 3.05) is 26.9 Å². The lowest BCUT2D eigenvalue weighted by atomic mass is 10.1. The molecule has 1 heterocycles. The van der Waals surface area contributed by atoms with Crippen molar-refractivity contribution in [2.45, 2.75) is 13.0 Å². The van der Waals surface area contributed by atoms with Crippen LogP contribution in [0.4, 0.5) is 0 Å². The van der Waals surface area contributed by atoms with Crippen LogP contribution in [0.1, 0.15) is 11.1 Å². The number of esters is 1. The Bertz CT molecular complexity index is 966. The van der Waals surface area contributed by atoms with Gasteiger partial charge in [-0.3, -0.25) is 9.59 Å². The molecule has 0 bridgehead atoms. The van der Waals surface area contributed by atoms with Crippen molar-refractivity contribution < 1.29 is 28.6 Å². The minimum atomic E-state index is -0.527. The molecule has 1 aromatic heterocycles. The maximum atomic E-state index is 12.6. The lowest BCUT2D eigenvalue weighted by Gasteiger charge is -2.22. The highest BCUT2D eigenvalue weighted by Crippen LogP contribution is 2.25. The molecule has 1 N–H and O–H groups in total. The van der Waals surface area contributed by atoms with Crippen LogP contribution in [-0.2, 0) is 32.0 Å². The van der Waals surface area contributed by atoms with Crippen LogP contribution in [0.3, 0.4) is 0 Å². The van der Waals surface area contributed by atoms with Gasteiger partial charge in [-0.1, -0.05) is 30.3 Å². The Morgan fingerprint density at radius 2 is 1.93 bits per heavy atom. The third-order valence-electron chi connectivity index (χ3n) is 4.47. The number of furan rings is 1. The zero-order valence-corrected chi connectivity index (χ0v) is 16.2. The molecule has 7 nitrogen and oxygen atoms in total. The topological polar surface area (TPSA) is 89.2 Å². The van der Waals surface area contributed by atoms with Crippen LogP contribution in [-0.4, -0.2) is 48.8 Å². The number of hydrogen-bond acceptors (Lipinski definition) is 6. The first-order chi connectivity index (χ1) is 14.1. The molecule has 0 saturated carbocycles. The maximum absolute atomic E-state index is 12.6. The van der Waals surface area contributed by atoms with Crippen LogP contribution in [0.15, 0.2) is 59.2 Å². The van der Waals surface area contributed by atoms with Crippen molar-refractivity contribution in [3.63, 3.8) is 0 Å². The van der Waals surface area contributed by atoms with E-state index in [2.05, 4.69) is 0 Å². The van der Waals surface area contributed by atoms with Gasteiger partial charge in [-0.2, -0.15) is 0 Å². The number of ether oxygens (including phenoxy) is 2. The highest BCUT2D eigenvalue weighted by Gasteiger charge is 2.17. The molecule has 3 aromatic rings. The number of fused-ring (bicyclic) bond motifs is 1. The largest absolute Gasteiger partial charge is 0.508 e. The quantitative estimate of drug-likeness (QED) is 0.559. The van der Waals surface area contributed by atoms with Gasteiger partial charge < -0.3 is 23.9 Å². The number of amides is 1. The monoisotopic (exact) mass is 397 g/mol. The van der Waals surface area contributed by atoms with E-state index in [9.17, 15) is 14.7 Å². The SMILES string of the molecule is COCCN(Cc1ccccc1)C(=O)COC(=O)Cc1coc2cc(O)ccc12. The Morgan fingerprint density at radius 3 is 2.69 bits per heavy atom. The molecule has 0 unspecified atom stereocenters. The highest BCUT2D eigenvalue weighted by atomic mass is 16.5. The molecule has 0 saturated heterocycles. The average Bonchev–Trinajstić information content (AvgIpc) is 3.11. The van der Waals surface area contributed by atoms with Gasteiger partial charge in [-0.05, 0) is 17.7 Å². The van der Waals surface area contributed by atoms with Crippen LogP contribution in [0.25, 0.3) is 11.0 Å². The maximum Gasteiger partial charge on any atom is 0.310 e. The number of rotatable bonds is 9. The molecule has 29 heavy (non-hydrogen) atoms. The van der Waals surface area contributed by atoms with Gasteiger partial charge in [0.15, 0.2) is 6.61 Å². The summed E-state index contributed by atoms with van der Waals surface area (Å²) in [7, 11) is 1.57. The van der Waals surface area contributed by atoms with Gasteiger partial charge in [0.25, 0.3) is 5.91 Å². The molecule has 7 heteroatoms. The first kappa shape index (κ1) is 20.4. The van der Waals surface area contributed by atoms with Crippen molar-refractivity contribution in [1.82, 2.24) is 4.90 Å². The fraction of sp³-hybridized carbons (Fsp3) is 0.273. The Kier molecular flexibility index (Phi) is 6.86. The summed E-state index contributed by atoms with van der Waals surface area (Å²) < 4.78 is 15.6. The summed E-state index contributed by atoms with van der Waals surface area (Å²) >= 11 is 0. The molecule has 0 radical (unpaired) electrons. The predicted molar refractivity (Wildman–Crippen MR) is 106 cm³/mol. The number of carbonyl (C=O) groups excluding carboxylic acids is 2. The molecule has 0 aliphatic carbocycles. The molecule has 0 fully saturated rings. The number of phenols is 1. The minimum absolute atomic E-state index is 0.0260. The summed E-state index contributed by atoms with van der Waals surface area (Å²) in [5, 5.41) is 10.2. The Hall–Kier alpha value is -3.32. The smallest absolute Gasteiger partial charge is 0.310 e. The van der Waals surface area contributed by atoms with Crippen LogP contribution in [0, 0.1) is 0 Å². The van der Waals surface area contributed by atoms with Gasteiger partial charge in [-0.25, -0.2) is 0 Å². The number of benzene rings is 2. The first-order valence-corrected chi connectivity index (χ1v) is 9.22. The van der Waals surface area contributed by atoms with E-state index in [-0.39, 0.29) is 24.7 Å². The van der Waals surface area contributed by atoms with E-state index in [4.69, 9.17) is 13.9 Å². The second kappa shape index (κ2) is 9.75. The Morgan fingerprint density at radius 1 is 1.14 bits per heavy atom. The number of carbonyl (C=O) groups is 2. The molecule has 0 aliphatic heterocycles. The fourth-order valence-electron chi connectivity index (χ4n) is 2.95. The van der Waals surface area contributed by atoms with Crippen molar-refractivity contribution in [2.24, 2.45) is 0 Å². The van der Waals surface area contributed by atoms with Gasteiger partial charge in [0.1, 0.15) is 11.3 Å². The number of nitrogens with zero attached hydrogens (tertiary/aromatic N) is 1. The van der Waals surface area contributed by atoms with Gasteiger partial charge in [0.05, 0.1) is 19.3 Å². The van der Waals surface area contributed by atoms with E-state index in [0.29, 0.717) is 30.8 Å². The third-order valence-corrected chi connectivity index (χ3v) is 4.47. The first-order valence-electron chi connectivity index (χ1n) is 9.22. The van der Waals surface area contributed by atoms with Crippen LogP contribution in [0.5, 0.6) is 5.75 Å². The van der Waals surface area contributed by atoms with Crippen molar-refractivity contribution in [3.05, 3.63) is 65.9 Å². The van der Waals surface area contributed by atoms with Crippen LogP contribution < -0.4 is 0 Å². The second-order valence-electron chi connectivity index (χ2n) is 6.57. The second-order valence-corrected chi connectivity index (χ2v) is 6.57. The molecule has 3 rings (SSSR count). The predicted octanol–water partition coefficient (Wildman–Crippen LogP) is 2.90. The molecule has 2 aromatic carbocycles. The third kappa shape index (κ3) is 5.58. The van der Waals surface area contributed by atoms with Crippen molar-refractivity contribution >= 4 is 22.8 Å². The van der Waals surface area contributed by atoms with Gasteiger partial charge >= 0.3 is 5.97 Å². The lowest BCUT2D eigenvalue weighted by Crippen LogP contribution is -2.36. The van der Waals surface area contributed by atoms with Gasteiger partial charge in [-0.15, -0.1) is 0 Å². The van der Waals surface area contributed by atoms with E-state index in [1.54, 1.807) is 18.1 Å². The number of phenolic OH excluding ortho intramolecular Hbond substituents is 1. The molecule has 0 spiro atoms. The van der Waals surface area contributed by atoms with Crippen LogP contribution >= 0.6 is 0 Å². The van der Waals surface area contributed by atoms with Crippen molar-refractivity contribution in [3.8, 4) is 5.75 Å². The summed E-state index contributed by atoms with van der Waals surface area (Å²) in [6.07, 6.45) is 1.43. The Labute approximate surface area is 168 Å². The molecule has 0 aliphatic rings. The summed E-state index contributed by atoms with van der Waals surface area (Å²) in [6, 6.07) is 14.3. The van der Waals surface area contributed by atoms with E-state index >= 15 is 0 Å². The van der Waals surface area contributed by atoms with E-state index in [1.807, 2.05) is 30.3 Å². The molecule has 0 atom stereocenters. The Balaban J connectivity index is 1.57. The van der Waals surface area contributed by atoms with E-state index in [1.165, 1.54) is 18.4 Å². The summed E-state index contributed by atoms with van der Waals surface area (Å²) in [6.45, 7) is 0.862. The molecular weight excluding hydrogens is 374 g/mol. The number of methoxy groups -OCH3 is 1. The average molecular weight is 397 g/mol. The molecule has 1 amide bonds. The lowest BCUT2D eigenvalue weighted by molar-refractivity contribution is -0.152. The molecule has 152 valence electrons. The standard InChI is InChI=1S/C22H23NO6/c1-27-10-9-23(13-16-5-3-2-4-6-16)21(25)15-29-22(26)11-17-14-28-20-12-18(24)7-8-19(17)20/h2-8,12,14,24H,9-11,13,15H2,1H3. The molecular formula is C22H23NO6. The van der Waals surface area contributed by atoms with Gasteiger partial charge in [0, 0.05) is 37.2 Å². The number of aromatic hydroxyl groups is 1. The van der Waals surface area contributed by atoms with Crippen molar-refractivity contribution in [1.29, 1.82) is 0 Å². The number of hydrogen-bond donors (Lipinski definition) is 1. The minimum Gasteiger partial charge on any atom is -0.508 e. The summed E-state index contributed by atoms with van der Waals surface area (Å²) in [4.78, 5) is 26.4. The van der Waals surface area contributed by atoms with Crippen LogP contribution in [0.2, 0.25) is 0 Å². The van der Waals surface area contributed by atoms with Gasteiger partial charge in [0.2, 0.25) is 0 Å². The summed E-state index contributed by atoms with van der Waals surface area (Å²) in [5.41, 5.74) is 2.10. The summed E-state index contributed by atoms with van der Waals surface area (Å²) in [5.74, 6) is -0.733.